The zero-order chi connectivity index (χ0) is 21.3. The van der Waals surface area contributed by atoms with E-state index in [4.69, 9.17) is 4.52 Å². The zero-order valence-corrected chi connectivity index (χ0v) is 17.1. The number of benzene rings is 2. The Balaban J connectivity index is 1.49. The molecule has 6 nitrogen and oxygen atoms in total. The summed E-state index contributed by atoms with van der Waals surface area (Å²) in [6, 6.07) is 15.5. The summed E-state index contributed by atoms with van der Waals surface area (Å²) in [6.07, 6.45) is 0. The van der Waals surface area contributed by atoms with E-state index in [1.807, 2.05) is 31.0 Å². The van der Waals surface area contributed by atoms with Crippen molar-refractivity contribution in [1.82, 2.24) is 20.9 Å². The van der Waals surface area contributed by atoms with E-state index in [9.17, 15) is 9.18 Å². The smallest absolute Gasteiger partial charge is 0.277 e. The molecule has 7 heteroatoms. The Kier molecular flexibility index (Phi) is 5.37. The Bertz CT molecular complexity index is 1100. The van der Waals surface area contributed by atoms with Gasteiger partial charge < -0.3 is 14.8 Å². The molecule has 2 aromatic carbocycles. The fraction of sp³-hybridized carbons (Fsp3) is 0.217. The van der Waals surface area contributed by atoms with Gasteiger partial charge in [-0.1, -0.05) is 29.4 Å². The molecule has 0 bridgehead atoms. The molecule has 154 valence electrons. The first-order chi connectivity index (χ1) is 14.4. The zero-order valence-electron chi connectivity index (χ0n) is 17.1. The van der Waals surface area contributed by atoms with Gasteiger partial charge in [0.2, 0.25) is 0 Å². The molecule has 3 aromatic rings. The number of nitrogens with zero attached hydrogens (tertiary/aromatic N) is 2. The lowest BCUT2D eigenvalue weighted by molar-refractivity contribution is 0.0954. The maximum absolute atomic E-state index is 13.1. The number of allylic oxidation sites excluding steroid dienone is 1. The number of aryl methyl sites for hydroxylation is 1. The molecule has 1 unspecified atom stereocenters. The van der Waals surface area contributed by atoms with Gasteiger partial charge in [0.15, 0.2) is 11.5 Å². The van der Waals surface area contributed by atoms with Crippen LogP contribution in [0.15, 0.2) is 70.5 Å². The van der Waals surface area contributed by atoms with E-state index in [-0.39, 0.29) is 23.5 Å². The van der Waals surface area contributed by atoms with Crippen LogP contribution in [-0.2, 0) is 6.54 Å². The van der Waals surface area contributed by atoms with Crippen molar-refractivity contribution < 1.29 is 13.7 Å². The standard InChI is InChI=1S/C23H23FN4O2/c1-14-6-4-5-7-18(14)13-28-16(3)22(15(2)26-28)25-23(29)20-12-21(30-27-20)17-8-10-19(24)11-9-17/h4-12,15,26H,13H2,1-3H3,(H,25,29). The molecule has 0 aliphatic carbocycles. The number of carbonyl (C=O) groups excluding carboxylic acids is 1. The number of nitrogens with one attached hydrogen (secondary N) is 2. The number of carbonyl (C=O) groups is 1. The molecule has 1 aliphatic heterocycles. The number of hydrogen-bond acceptors (Lipinski definition) is 5. The van der Waals surface area contributed by atoms with E-state index in [1.165, 1.54) is 23.3 Å². The molecule has 0 spiro atoms. The largest absolute Gasteiger partial charge is 0.355 e. The fourth-order valence-electron chi connectivity index (χ4n) is 3.49. The highest BCUT2D eigenvalue weighted by Gasteiger charge is 2.28. The van der Waals surface area contributed by atoms with E-state index in [1.54, 1.807) is 18.2 Å². The van der Waals surface area contributed by atoms with Crippen molar-refractivity contribution in [3.63, 3.8) is 0 Å². The van der Waals surface area contributed by atoms with Crippen LogP contribution >= 0.6 is 0 Å². The second-order valence-corrected chi connectivity index (χ2v) is 7.40. The Labute approximate surface area is 174 Å². The highest BCUT2D eigenvalue weighted by molar-refractivity contribution is 5.94. The normalized spacial score (nSPS) is 16.3. The first-order valence-electron chi connectivity index (χ1n) is 9.75. The quantitative estimate of drug-likeness (QED) is 0.666. The molecule has 1 amide bonds. The van der Waals surface area contributed by atoms with Crippen LogP contribution in [0, 0.1) is 12.7 Å². The molecule has 4 rings (SSSR count). The van der Waals surface area contributed by atoms with E-state index in [0.29, 0.717) is 17.9 Å². The van der Waals surface area contributed by atoms with Crippen molar-refractivity contribution in [2.75, 3.05) is 0 Å². The molecular weight excluding hydrogens is 383 g/mol. The SMILES string of the molecule is CC1=C(NC(=O)c2cc(-c3ccc(F)cc3)on2)C(C)NN1Cc1ccccc1C. The monoisotopic (exact) mass is 406 g/mol. The van der Waals surface area contributed by atoms with Gasteiger partial charge in [-0.3, -0.25) is 4.79 Å². The summed E-state index contributed by atoms with van der Waals surface area (Å²) in [5.74, 6) is -0.283. The van der Waals surface area contributed by atoms with Crippen molar-refractivity contribution >= 4 is 5.91 Å². The molecule has 2 N–H and O–H groups in total. The third-order valence-electron chi connectivity index (χ3n) is 5.29. The maximum atomic E-state index is 13.1. The summed E-state index contributed by atoms with van der Waals surface area (Å²) < 4.78 is 18.4. The van der Waals surface area contributed by atoms with Gasteiger partial charge in [-0.15, -0.1) is 0 Å². The number of aromatic nitrogens is 1. The van der Waals surface area contributed by atoms with Crippen LogP contribution in [0.25, 0.3) is 11.3 Å². The molecule has 1 aliphatic rings. The summed E-state index contributed by atoms with van der Waals surface area (Å²) in [7, 11) is 0. The van der Waals surface area contributed by atoms with Crippen molar-refractivity contribution in [3.05, 3.63) is 88.6 Å². The van der Waals surface area contributed by atoms with Crippen LogP contribution in [0.4, 0.5) is 4.39 Å². The topological polar surface area (TPSA) is 70.4 Å². The molecule has 1 atom stereocenters. The molecule has 0 radical (unpaired) electrons. The highest BCUT2D eigenvalue weighted by atomic mass is 19.1. The first-order valence-corrected chi connectivity index (χ1v) is 9.75. The summed E-state index contributed by atoms with van der Waals surface area (Å²) >= 11 is 0. The molecule has 1 aromatic heterocycles. The third kappa shape index (κ3) is 3.97. The number of amides is 1. The van der Waals surface area contributed by atoms with Gasteiger partial charge in [-0.25, -0.2) is 9.82 Å². The lowest BCUT2D eigenvalue weighted by Crippen LogP contribution is -2.37. The molecule has 0 saturated heterocycles. The predicted molar refractivity (Wildman–Crippen MR) is 111 cm³/mol. The second-order valence-electron chi connectivity index (χ2n) is 7.40. The fourth-order valence-corrected chi connectivity index (χ4v) is 3.49. The summed E-state index contributed by atoms with van der Waals surface area (Å²) in [5, 5.41) is 8.86. The number of hydrazine groups is 1. The van der Waals surface area contributed by atoms with Crippen molar-refractivity contribution in [2.24, 2.45) is 0 Å². The second kappa shape index (κ2) is 8.12. The van der Waals surface area contributed by atoms with Gasteiger partial charge in [0, 0.05) is 17.3 Å². The van der Waals surface area contributed by atoms with Gasteiger partial charge in [-0.05, 0) is 56.2 Å². The molecule has 30 heavy (non-hydrogen) atoms. The van der Waals surface area contributed by atoms with Gasteiger partial charge in [0.1, 0.15) is 5.82 Å². The van der Waals surface area contributed by atoms with Crippen molar-refractivity contribution in [3.8, 4) is 11.3 Å². The van der Waals surface area contributed by atoms with E-state index in [0.717, 1.165) is 11.4 Å². The Hall–Kier alpha value is -3.45. The van der Waals surface area contributed by atoms with E-state index < -0.39 is 0 Å². The maximum Gasteiger partial charge on any atom is 0.277 e. The van der Waals surface area contributed by atoms with Crippen LogP contribution in [0.1, 0.15) is 35.5 Å². The minimum atomic E-state index is -0.354. The van der Waals surface area contributed by atoms with Gasteiger partial charge in [0.05, 0.1) is 18.3 Å². The average molecular weight is 406 g/mol. The lowest BCUT2D eigenvalue weighted by atomic mass is 10.1. The predicted octanol–water partition coefficient (Wildman–Crippen LogP) is 4.16. The van der Waals surface area contributed by atoms with Crippen LogP contribution in [0.3, 0.4) is 0 Å². The summed E-state index contributed by atoms with van der Waals surface area (Å²) in [6.45, 7) is 6.74. The Morgan fingerprint density at radius 1 is 1.20 bits per heavy atom. The molecule has 0 fully saturated rings. The van der Waals surface area contributed by atoms with Crippen LogP contribution < -0.4 is 10.7 Å². The molecular formula is C23H23FN4O2. The van der Waals surface area contributed by atoms with Crippen LogP contribution in [0.5, 0.6) is 0 Å². The highest BCUT2D eigenvalue weighted by Crippen LogP contribution is 2.23. The van der Waals surface area contributed by atoms with E-state index >= 15 is 0 Å². The summed E-state index contributed by atoms with van der Waals surface area (Å²) in [5.41, 5.74) is 8.37. The molecule has 2 heterocycles. The first kappa shape index (κ1) is 19.8. The lowest BCUT2D eigenvalue weighted by Gasteiger charge is -2.22. The Morgan fingerprint density at radius 2 is 1.93 bits per heavy atom. The third-order valence-corrected chi connectivity index (χ3v) is 5.29. The minimum absolute atomic E-state index is 0.0542. The van der Waals surface area contributed by atoms with Crippen molar-refractivity contribution in [2.45, 2.75) is 33.4 Å². The van der Waals surface area contributed by atoms with Gasteiger partial charge in [0.25, 0.3) is 5.91 Å². The van der Waals surface area contributed by atoms with E-state index in [2.05, 4.69) is 35.0 Å². The average Bonchev–Trinajstić information content (AvgIpc) is 3.32. The minimum Gasteiger partial charge on any atom is -0.355 e. The van der Waals surface area contributed by atoms with Crippen LogP contribution in [-0.4, -0.2) is 22.1 Å². The number of hydrogen-bond donors (Lipinski definition) is 2. The molecule has 0 saturated carbocycles. The van der Waals surface area contributed by atoms with Gasteiger partial charge in [-0.2, -0.15) is 0 Å². The number of halogens is 1. The Morgan fingerprint density at radius 3 is 2.67 bits per heavy atom. The summed E-state index contributed by atoms with van der Waals surface area (Å²) in [4.78, 5) is 12.7. The van der Waals surface area contributed by atoms with Gasteiger partial charge >= 0.3 is 0 Å². The number of rotatable bonds is 5. The van der Waals surface area contributed by atoms with Crippen LogP contribution in [0.2, 0.25) is 0 Å². The van der Waals surface area contributed by atoms with Crippen molar-refractivity contribution in [1.29, 1.82) is 0 Å².